The average Bonchev–Trinajstić information content (AvgIpc) is 2.86. The fraction of sp³-hybridized carbons (Fsp3) is 1.00. The first-order chi connectivity index (χ1) is 11.4. The highest BCUT2D eigenvalue weighted by molar-refractivity contribution is 7.92. The van der Waals surface area contributed by atoms with Crippen molar-refractivity contribution >= 4 is 18.6 Å². The Morgan fingerprint density at radius 2 is 1.62 bits per heavy atom. The van der Waals surface area contributed by atoms with Crippen LogP contribution >= 0.6 is 0 Å². The van der Waals surface area contributed by atoms with Crippen LogP contribution in [0.4, 0.5) is 0 Å². The van der Waals surface area contributed by atoms with E-state index in [0.29, 0.717) is 45.9 Å². The van der Waals surface area contributed by atoms with Crippen molar-refractivity contribution in [2.75, 3.05) is 45.4 Å². The zero-order chi connectivity index (χ0) is 18.1. The largest absolute Gasteiger partial charge is 0.506 e. The summed E-state index contributed by atoms with van der Waals surface area (Å²) in [5.41, 5.74) is -0.671. The molecule has 7 nitrogen and oxygen atoms in total. The van der Waals surface area contributed by atoms with Gasteiger partial charge in [0.15, 0.2) is 15.3 Å². The van der Waals surface area contributed by atoms with Gasteiger partial charge >= 0.3 is 8.80 Å². The Morgan fingerprint density at radius 1 is 1.04 bits per heavy atom. The lowest BCUT2D eigenvalue weighted by molar-refractivity contribution is 0.0167. The first kappa shape index (κ1) is 22.0. The summed E-state index contributed by atoms with van der Waals surface area (Å²) in [6.45, 7) is 10.4. The van der Waals surface area contributed by atoms with Crippen molar-refractivity contribution in [2.45, 2.75) is 51.5 Å². The molecule has 0 amide bonds. The topological polar surface area (TPSA) is 80.3 Å². The third-order valence-corrected chi connectivity index (χ3v) is 9.29. The first-order valence-electron chi connectivity index (χ1n) is 8.74. The van der Waals surface area contributed by atoms with Gasteiger partial charge in [0, 0.05) is 25.4 Å². The molecule has 2 atom stereocenters. The lowest BCUT2D eigenvalue weighted by Gasteiger charge is -2.33. The average molecular weight is 385 g/mol. The van der Waals surface area contributed by atoms with E-state index in [-0.39, 0.29) is 17.9 Å². The zero-order valence-corrected chi connectivity index (χ0v) is 17.1. The van der Waals surface area contributed by atoms with Gasteiger partial charge in [0.1, 0.15) is 0 Å². The van der Waals surface area contributed by atoms with Crippen molar-refractivity contribution in [3.05, 3.63) is 0 Å². The molecule has 1 rings (SSSR count). The van der Waals surface area contributed by atoms with E-state index in [9.17, 15) is 8.42 Å². The maximum absolute atomic E-state index is 11.7. The molecule has 0 spiro atoms. The Balaban J connectivity index is 2.38. The summed E-state index contributed by atoms with van der Waals surface area (Å²) >= 11 is 0. The van der Waals surface area contributed by atoms with E-state index in [2.05, 4.69) is 0 Å². The highest BCUT2D eigenvalue weighted by Gasteiger charge is 2.46. The van der Waals surface area contributed by atoms with Crippen molar-refractivity contribution in [3.63, 3.8) is 0 Å². The van der Waals surface area contributed by atoms with Gasteiger partial charge in [-0.25, -0.2) is 8.42 Å². The molecule has 144 valence electrons. The standard InChI is InChI=1S/C15H32O7SSi/c1-5-20-24(21-6-2,22-7-3)14(4)13-18-10-11-19-15-9-8-12-23(15,16)17/h14-15H,5-13H2,1-4H3/t14-,15-/m1/s1. The van der Waals surface area contributed by atoms with E-state index in [4.69, 9.17) is 22.8 Å². The molecular weight excluding hydrogens is 352 g/mol. The SMILES string of the molecule is CCO[Si](OCC)(OCC)[C@H](C)COCCO[C@H]1CCCS1(=O)=O. The molecule has 9 heteroatoms. The summed E-state index contributed by atoms with van der Waals surface area (Å²) in [7, 11) is -5.84. The molecule has 0 saturated carbocycles. The number of rotatable bonds is 13. The van der Waals surface area contributed by atoms with Gasteiger partial charge in [-0.15, -0.1) is 0 Å². The monoisotopic (exact) mass is 384 g/mol. The minimum atomic E-state index is -3.07. The molecule has 0 N–H and O–H groups in total. The minimum absolute atomic E-state index is 0.00689. The summed E-state index contributed by atoms with van der Waals surface area (Å²) in [6, 6.07) is 0. The molecule has 1 heterocycles. The fourth-order valence-electron chi connectivity index (χ4n) is 2.71. The summed E-state index contributed by atoms with van der Waals surface area (Å²) in [4.78, 5) is 0. The number of hydrogen-bond acceptors (Lipinski definition) is 7. The highest BCUT2D eigenvalue weighted by Crippen LogP contribution is 2.26. The van der Waals surface area contributed by atoms with Gasteiger partial charge < -0.3 is 22.8 Å². The molecule has 0 radical (unpaired) electrons. The number of ether oxygens (including phenoxy) is 2. The lowest BCUT2D eigenvalue weighted by Crippen LogP contribution is -2.51. The summed E-state index contributed by atoms with van der Waals surface area (Å²) in [5.74, 6) is 0.223. The molecule has 1 saturated heterocycles. The van der Waals surface area contributed by atoms with Crippen molar-refractivity contribution < 1.29 is 31.2 Å². The second-order valence-corrected chi connectivity index (χ2v) is 11.0. The van der Waals surface area contributed by atoms with Gasteiger partial charge in [-0.1, -0.05) is 6.92 Å². The van der Waals surface area contributed by atoms with Crippen LogP contribution < -0.4 is 0 Å². The van der Waals surface area contributed by atoms with Crippen LogP contribution in [0.5, 0.6) is 0 Å². The van der Waals surface area contributed by atoms with E-state index in [1.54, 1.807) is 0 Å². The Labute approximate surface area is 147 Å². The van der Waals surface area contributed by atoms with Crippen LogP contribution in [0.25, 0.3) is 0 Å². The molecule has 0 aromatic heterocycles. The second kappa shape index (κ2) is 10.8. The van der Waals surface area contributed by atoms with Crippen LogP contribution in [0.2, 0.25) is 5.54 Å². The highest BCUT2D eigenvalue weighted by atomic mass is 32.2. The molecule has 1 fully saturated rings. The summed E-state index contributed by atoms with van der Waals surface area (Å²) < 4.78 is 51.9. The Hall–Kier alpha value is -0.0331. The van der Waals surface area contributed by atoms with Crippen molar-refractivity contribution in [2.24, 2.45) is 0 Å². The van der Waals surface area contributed by atoms with Crippen LogP contribution in [-0.4, -0.2) is 68.1 Å². The summed E-state index contributed by atoms with van der Waals surface area (Å²) in [6.07, 6.45) is 1.25. The third kappa shape index (κ3) is 6.36. The maximum atomic E-state index is 11.7. The second-order valence-electron chi connectivity index (χ2n) is 5.69. The van der Waals surface area contributed by atoms with Crippen LogP contribution in [0.1, 0.15) is 40.5 Å². The smallest absolute Gasteiger partial charge is 0.379 e. The van der Waals surface area contributed by atoms with E-state index in [1.807, 2.05) is 27.7 Å². The summed E-state index contributed by atoms with van der Waals surface area (Å²) in [5, 5.41) is 0. The quantitative estimate of drug-likeness (QED) is 0.355. The molecule has 0 aromatic rings. The Bertz CT molecular complexity index is 426. The maximum Gasteiger partial charge on any atom is 0.506 e. The molecule has 1 aliphatic heterocycles. The van der Waals surface area contributed by atoms with Crippen molar-refractivity contribution in [3.8, 4) is 0 Å². The zero-order valence-electron chi connectivity index (χ0n) is 15.3. The van der Waals surface area contributed by atoms with Crippen LogP contribution in [0.15, 0.2) is 0 Å². The molecule has 0 aliphatic carbocycles. The molecule has 1 aliphatic rings. The van der Waals surface area contributed by atoms with Gasteiger partial charge in [-0.2, -0.15) is 0 Å². The van der Waals surface area contributed by atoms with Crippen molar-refractivity contribution in [1.29, 1.82) is 0 Å². The number of sulfone groups is 1. The number of hydrogen-bond donors (Lipinski definition) is 0. The minimum Gasteiger partial charge on any atom is -0.379 e. The van der Waals surface area contributed by atoms with E-state index >= 15 is 0 Å². The molecular formula is C15H32O7SSi. The Morgan fingerprint density at radius 3 is 2.08 bits per heavy atom. The van der Waals surface area contributed by atoms with Crippen molar-refractivity contribution in [1.82, 2.24) is 0 Å². The molecule has 0 bridgehead atoms. The van der Waals surface area contributed by atoms with Gasteiger partial charge in [-0.3, -0.25) is 0 Å². The van der Waals surface area contributed by atoms with Gasteiger partial charge in [0.25, 0.3) is 0 Å². The van der Waals surface area contributed by atoms with Gasteiger partial charge in [0.05, 0.1) is 25.6 Å². The predicted octanol–water partition coefficient (Wildman–Crippen LogP) is 1.99. The van der Waals surface area contributed by atoms with E-state index < -0.39 is 24.1 Å². The third-order valence-electron chi connectivity index (χ3n) is 3.81. The predicted molar refractivity (Wildman–Crippen MR) is 93.6 cm³/mol. The van der Waals surface area contributed by atoms with E-state index in [0.717, 1.165) is 0 Å². The normalized spacial score (nSPS) is 21.9. The fourth-order valence-corrected chi connectivity index (χ4v) is 7.00. The molecule has 24 heavy (non-hydrogen) atoms. The van der Waals surface area contributed by atoms with Gasteiger partial charge in [0.2, 0.25) is 0 Å². The lowest BCUT2D eigenvalue weighted by atomic mass is 10.4. The van der Waals surface area contributed by atoms with Crippen LogP contribution in [-0.2, 0) is 32.6 Å². The first-order valence-corrected chi connectivity index (χ1v) is 12.3. The molecule has 0 unspecified atom stereocenters. The van der Waals surface area contributed by atoms with Crippen LogP contribution in [0, 0.1) is 0 Å². The van der Waals surface area contributed by atoms with Gasteiger partial charge in [-0.05, 0) is 33.6 Å². The Kier molecular flexibility index (Phi) is 9.95. The molecule has 0 aromatic carbocycles. The van der Waals surface area contributed by atoms with E-state index in [1.165, 1.54) is 0 Å². The van der Waals surface area contributed by atoms with Crippen LogP contribution in [0.3, 0.4) is 0 Å².